The van der Waals surface area contributed by atoms with Crippen LogP contribution in [0.2, 0.25) is 0 Å². The summed E-state index contributed by atoms with van der Waals surface area (Å²) in [6.07, 6.45) is 5.94. The average Bonchev–Trinajstić information content (AvgIpc) is 3.33. The number of Topliss-reactive ketones (excluding diaryl/α,β-unsaturated/α-hetero) is 1. The minimum absolute atomic E-state index is 0.134. The lowest BCUT2D eigenvalue weighted by Gasteiger charge is -2.27. The van der Waals surface area contributed by atoms with Gasteiger partial charge < -0.3 is 4.90 Å². The number of carbonyl (C=O) groups is 2. The number of thioether (sulfide) groups is 1. The van der Waals surface area contributed by atoms with Crippen LogP contribution in [0.3, 0.4) is 0 Å². The van der Waals surface area contributed by atoms with Gasteiger partial charge in [0.2, 0.25) is 5.91 Å². The predicted octanol–water partition coefficient (Wildman–Crippen LogP) is 2.40. The molecule has 1 unspecified atom stereocenters. The van der Waals surface area contributed by atoms with E-state index in [1.54, 1.807) is 11.8 Å². The van der Waals surface area contributed by atoms with Crippen LogP contribution in [0.4, 0.5) is 0 Å². The summed E-state index contributed by atoms with van der Waals surface area (Å²) >= 11 is 1.61. The summed E-state index contributed by atoms with van der Waals surface area (Å²) in [7, 11) is 0. The Morgan fingerprint density at radius 1 is 1.16 bits per heavy atom. The Bertz CT molecular complexity index is 657. The lowest BCUT2D eigenvalue weighted by molar-refractivity contribution is -0.134. The maximum absolute atomic E-state index is 12.9. The Kier molecular flexibility index (Phi) is 5.13. The van der Waals surface area contributed by atoms with E-state index in [4.69, 9.17) is 0 Å². The van der Waals surface area contributed by atoms with Gasteiger partial charge in [-0.05, 0) is 49.1 Å². The number of fused-ring (bicyclic) bond motifs is 1. The third kappa shape index (κ3) is 3.63. The molecule has 1 aromatic rings. The van der Waals surface area contributed by atoms with Crippen LogP contribution in [-0.4, -0.2) is 46.8 Å². The zero-order valence-electron chi connectivity index (χ0n) is 14.6. The molecule has 1 aliphatic carbocycles. The van der Waals surface area contributed by atoms with E-state index in [-0.39, 0.29) is 23.0 Å². The molecule has 134 valence electrons. The number of carbonyl (C=O) groups excluding carboxylic acids is 2. The molecule has 1 aromatic carbocycles. The molecule has 2 saturated heterocycles. The first-order valence-corrected chi connectivity index (χ1v) is 10.5. The van der Waals surface area contributed by atoms with E-state index in [9.17, 15) is 9.59 Å². The fourth-order valence-electron chi connectivity index (χ4n) is 4.41. The minimum atomic E-state index is -0.313. The van der Waals surface area contributed by atoms with Gasteiger partial charge in [-0.2, -0.15) is 0 Å². The van der Waals surface area contributed by atoms with Crippen LogP contribution in [0.1, 0.15) is 36.8 Å². The number of ketones is 1. The summed E-state index contributed by atoms with van der Waals surface area (Å²) in [4.78, 5) is 27.6. The molecule has 25 heavy (non-hydrogen) atoms. The molecule has 0 aromatic heterocycles. The number of amides is 1. The van der Waals surface area contributed by atoms with Crippen LogP contribution in [0.5, 0.6) is 0 Å². The van der Waals surface area contributed by atoms with Crippen molar-refractivity contribution in [2.45, 2.75) is 49.8 Å². The van der Waals surface area contributed by atoms with Gasteiger partial charge in [0.05, 0.1) is 5.25 Å². The second-order valence-corrected chi connectivity index (χ2v) is 8.62. The third-order valence-electron chi connectivity index (χ3n) is 5.81. The number of hydrogen-bond acceptors (Lipinski definition) is 4. The Morgan fingerprint density at radius 3 is 2.72 bits per heavy atom. The highest BCUT2D eigenvalue weighted by molar-refractivity contribution is 8.00. The maximum Gasteiger partial charge on any atom is 0.241 e. The summed E-state index contributed by atoms with van der Waals surface area (Å²) in [6.45, 7) is 1.70. The Labute approximate surface area is 153 Å². The van der Waals surface area contributed by atoms with Crippen LogP contribution < -0.4 is 5.32 Å². The number of nitrogens with zero attached hydrogens (tertiary/aromatic N) is 1. The molecule has 0 radical (unpaired) electrons. The van der Waals surface area contributed by atoms with Gasteiger partial charge in [0.1, 0.15) is 11.8 Å². The topological polar surface area (TPSA) is 49.4 Å². The molecule has 2 heterocycles. The molecule has 0 bridgehead atoms. The molecule has 2 aliphatic heterocycles. The Morgan fingerprint density at radius 2 is 1.92 bits per heavy atom. The normalized spacial score (nSPS) is 28.8. The Balaban J connectivity index is 1.38. The van der Waals surface area contributed by atoms with Gasteiger partial charge in [0.25, 0.3) is 0 Å². The monoisotopic (exact) mass is 358 g/mol. The molecular weight excluding hydrogens is 332 g/mol. The lowest BCUT2D eigenvalue weighted by atomic mass is 9.81. The number of benzene rings is 1. The van der Waals surface area contributed by atoms with Crippen molar-refractivity contribution >= 4 is 23.5 Å². The minimum Gasteiger partial charge on any atom is -0.341 e. The largest absolute Gasteiger partial charge is 0.341 e. The van der Waals surface area contributed by atoms with Gasteiger partial charge in [0, 0.05) is 25.4 Å². The van der Waals surface area contributed by atoms with Gasteiger partial charge in [0.15, 0.2) is 0 Å². The van der Waals surface area contributed by atoms with Crippen molar-refractivity contribution in [2.24, 2.45) is 5.92 Å². The molecule has 1 N–H and O–H groups in total. The summed E-state index contributed by atoms with van der Waals surface area (Å²) in [5, 5.41) is 3.06. The molecule has 5 heteroatoms. The first-order chi connectivity index (χ1) is 12.2. The number of hydrogen-bond donors (Lipinski definition) is 1. The highest BCUT2D eigenvalue weighted by Gasteiger charge is 2.41. The second-order valence-electron chi connectivity index (χ2n) is 7.49. The summed E-state index contributed by atoms with van der Waals surface area (Å²) in [5.41, 5.74) is 2.83. The molecule has 4 rings (SSSR count). The SMILES string of the molecule is O=C(C[C@@H]1CCc2ccccc2C1)C1SCN[C@@H]1C(=O)N1CCCC1. The van der Waals surface area contributed by atoms with Crippen LogP contribution in [-0.2, 0) is 22.4 Å². The van der Waals surface area contributed by atoms with Crippen molar-refractivity contribution in [3.8, 4) is 0 Å². The van der Waals surface area contributed by atoms with Crippen molar-refractivity contribution in [3.05, 3.63) is 35.4 Å². The third-order valence-corrected chi connectivity index (χ3v) is 7.04. The molecule has 4 nitrogen and oxygen atoms in total. The van der Waals surface area contributed by atoms with Crippen LogP contribution >= 0.6 is 11.8 Å². The van der Waals surface area contributed by atoms with E-state index in [0.717, 1.165) is 45.2 Å². The quantitative estimate of drug-likeness (QED) is 0.898. The summed E-state index contributed by atoms with van der Waals surface area (Å²) in [6, 6.07) is 8.27. The van der Waals surface area contributed by atoms with Crippen LogP contribution in [0.25, 0.3) is 0 Å². The fourth-order valence-corrected chi connectivity index (χ4v) is 5.55. The molecular formula is C20H26N2O2S. The smallest absolute Gasteiger partial charge is 0.241 e. The first-order valence-electron chi connectivity index (χ1n) is 9.45. The predicted molar refractivity (Wildman–Crippen MR) is 101 cm³/mol. The van der Waals surface area contributed by atoms with Gasteiger partial charge in [-0.15, -0.1) is 11.8 Å². The van der Waals surface area contributed by atoms with Crippen LogP contribution in [0.15, 0.2) is 24.3 Å². The highest BCUT2D eigenvalue weighted by atomic mass is 32.2. The Hall–Kier alpha value is -1.33. The van der Waals surface area contributed by atoms with E-state index >= 15 is 0 Å². The van der Waals surface area contributed by atoms with Gasteiger partial charge >= 0.3 is 0 Å². The molecule has 0 saturated carbocycles. The molecule has 2 fully saturated rings. The van der Waals surface area contributed by atoms with Crippen molar-refractivity contribution in [1.29, 1.82) is 0 Å². The van der Waals surface area contributed by atoms with Gasteiger partial charge in [-0.3, -0.25) is 14.9 Å². The molecule has 3 atom stereocenters. The number of aryl methyl sites for hydroxylation is 1. The van der Waals surface area contributed by atoms with E-state index in [1.165, 1.54) is 11.1 Å². The zero-order chi connectivity index (χ0) is 17.2. The van der Waals surface area contributed by atoms with Gasteiger partial charge in [-0.1, -0.05) is 24.3 Å². The zero-order valence-corrected chi connectivity index (χ0v) is 15.4. The molecule has 1 amide bonds. The highest BCUT2D eigenvalue weighted by Crippen LogP contribution is 2.31. The molecule has 3 aliphatic rings. The second kappa shape index (κ2) is 7.50. The molecule has 0 spiro atoms. The lowest BCUT2D eigenvalue weighted by Crippen LogP contribution is -2.49. The first kappa shape index (κ1) is 17.1. The number of nitrogens with one attached hydrogen (secondary N) is 1. The number of likely N-dealkylation sites (tertiary alicyclic amines) is 1. The van der Waals surface area contributed by atoms with Crippen molar-refractivity contribution in [2.75, 3.05) is 19.0 Å². The van der Waals surface area contributed by atoms with Crippen molar-refractivity contribution < 1.29 is 9.59 Å². The average molecular weight is 359 g/mol. The van der Waals surface area contributed by atoms with E-state index in [2.05, 4.69) is 29.6 Å². The standard InChI is InChI=1S/C20H26N2O2S/c23-17(12-14-7-8-15-5-1-2-6-16(15)11-14)19-18(21-13-25-19)20(24)22-9-3-4-10-22/h1-2,5-6,14,18-19,21H,3-4,7-13H2/t14-,18+,19?/m1/s1. The summed E-state index contributed by atoms with van der Waals surface area (Å²) in [5.74, 6) is 1.52. The van der Waals surface area contributed by atoms with Crippen molar-refractivity contribution in [3.63, 3.8) is 0 Å². The summed E-state index contributed by atoms with van der Waals surface area (Å²) < 4.78 is 0. The van der Waals surface area contributed by atoms with Crippen LogP contribution in [0, 0.1) is 5.92 Å². The van der Waals surface area contributed by atoms with E-state index in [1.807, 2.05) is 4.90 Å². The maximum atomic E-state index is 12.9. The van der Waals surface area contributed by atoms with Gasteiger partial charge in [-0.25, -0.2) is 0 Å². The van der Waals surface area contributed by atoms with E-state index in [0.29, 0.717) is 18.2 Å². The van der Waals surface area contributed by atoms with Crippen molar-refractivity contribution in [1.82, 2.24) is 10.2 Å². The fraction of sp³-hybridized carbons (Fsp3) is 0.600. The number of rotatable bonds is 4. The van der Waals surface area contributed by atoms with E-state index < -0.39 is 0 Å².